The number of ether oxygens (including phenoxy) is 1. The van der Waals surface area contributed by atoms with E-state index in [1.807, 2.05) is 31.2 Å². The highest BCUT2D eigenvalue weighted by atomic mass is 16.5. The lowest BCUT2D eigenvalue weighted by Gasteiger charge is -2.09. The summed E-state index contributed by atoms with van der Waals surface area (Å²) < 4.78 is 5.71. The van der Waals surface area contributed by atoms with E-state index in [2.05, 4.69) is 11.9 Å². The molecule has 2 aromatic rings. The second-order valence-electron chi connectivity index (χ2n) is 3.89. The Morgan fingerprint density at radius 1 is 1.31 bits per heavy atom. The Labute approximate surface area is 95.2 Å². The van der Waals surface area contributed by atoms with Gasteiger partial charge in [0.05, 0.1) is 12.1 Å². The molecule has 0 amide bonds. The van der Waals surface area contributed by atoms with Gasteiger partial charge in [0.2, 0.25) is 0 Å². The lowest BCUT2D eigenvalue weighted by atomic mass is 10.1. The standard InChI is InChI=1S/C13H16N2O/c1-3-6-16-13-7-9(2)15-12-5-4-10(14)8-11(12)13/h4-5,7-8H,3,6,14H2,1-2H3. The van der Waals surface area contributed by atoms with E-state index in [0.717, 1.165) is 34.5 Å². The Morgan fingerprint density at radius 3 is 2.88 bits per heavy atom. The Morgan fingerprint density at radius 2 is 2.12 bits per heavy atom. The lowest BCUT2D eigenvalue weighted by Crippen LogP contribution is -1.98. The van der Waals surface area contributed by atoms with E-state index in [1.165, 1.54) is 0 Å². The van der Waals surface area contributed by atoms with Crippen molar-refractivity contribution >= 4 is 16.6 Å². The normalized spacial score (nSPS) is 10.6. The summed E-state index contributed by atoms with van der Waals surface area (Å²) >= 11 is 0. The molecule has 0 aliphatic heterocycles. The fourth-order valence-electron chi connectivity index (χ4n) is 1.67. The molecule has 16 heavy (non-hydrogen) atoms. The maximum atomic E-state index is 5.78. The number of aryl methyl sites for hydroxylation is 1. The minimum absolute atomic E-state index is 0.716. The number of nitrogens with zero attached hydrogens (tertiary/aromatic N) is 1. The molecule has 84 valence electrons. The van der Waals surface area contributed by atoms with Gasteiger partial charge >= 0.3 is 0 Å². The molecule has 0 radical (unpaired) electrons. The van der Waals surface area contributed by atoms with Gasteiger partial charge in [0, 0.05) is 22.8 Å². The third-order valence-electron chi connectivity index (χ3n) is 2.38. The third kappa shape index (κ3) is 2.08. The van der Waals surface area contributed by atoms with E-state index in [4.69, 9.17) is 10.5 Å². The smallest absolute Gasteiger partial charge is 0.130 e. The molecule has 1 aromatic heterocycles. The SMILES string of the molecule is CCCOc1cc(C)nc2ccc(N)cc12. The second-order valence-corrected chi connectivity index (χ2v) is 3.89. The minimum atomic E-state index is 0.716. The van der Waals surface area contributed by atoms with Crippen LogP contribution in [0.2, 0.25) is 0 Å². The first-order valence-electron chi connectivity index (χ1n) is 5.50. The number of hydrogen-bond acceptors (Lipinski definition) is 3. The third-order valence-corrected chi connectivity index (χ3v) is 2.38. The van der Waals surface area contributed by atoms with Gasteiger partial charge in [-0.2, -0.15) is 0 Å². The largest absolute Gasteiger partial charge is 0.493 e. The number of nitrogen functional groups attached to an aromatic ring is 1. The summed E-state index contributed by atoms with van der Waals surface area (Å²) in [7, 11) is 0. The van der Waals surface area contributed by atoms with Gasteiger partial charge in [0.1, 0.15) is 5.75 Å². The van der Waals surface area contributed by atoms with Crippen LogP contribution < -0.4 is 10.5 Å². The molecule has 3 heteroatoms. The predicted octanol–water partition coefficient (Wildman–Crippen LogP) is 2.91. The maximum absolute atomic E-state index is 5.78. The highest BCUT2D eigenvalue weighted by Gasteiger charge is 2.05. The molecular formula is C13H16N2O. The van der Waals surface area contributed by atoms with E-state index in [-0.39, 0.29) is 0 Å². The summed E-state index contributed by atoms with van der Waals surface area (Å²) in [5.41, 5.74) is 8.40. The molecule has 0 saturated heterocycles. The van der Waals surface area contributed by atoms with E-state index in [1.54, 1.807) is 0 Å². The van der Waals surface area contributed by atoms with Crippen LogP contribution in [0.5, 0.6) is 5.75 Å². The number of hydrogen-bond donors (Lipinski definition) is 1. The van der Waals surface area contributed by atoms with Crippen molar-refractivity contribution in [2.75, 3.05) is 12.3 Å². The van der Waals surface area contributed by atoms with Crippen molar-refractivity contribution in [3.63, 3.8) is 0 Å². The number of anilines is 1. The molecule has 2 rings (SSSR count). The van der Waals surface area contributed by atoms with Crippen molar-refractivity contribution in [1.82, 2.24) is 4.98 Å². The first kappa shape index (κ1) is 10.7. The van der Waals surface area contributed by atoms with Crippen molar-refractivity contribution in [3.8, 4) is 5.75 Å². The van der Waals surface area contributed by atoms with Crippen LogP contribution >= 0.6 is 0 Å². The van der Waals surface area contributed by atoms with Crippen LogP contribution in [0.1, 0.15) is 19.0 Å². The summed E-state index contributed by atoms with van der Waals surface area (Å²) in [5.74, 6) is 0.872. The number of benzene rings is 1. The molecule has 0 aliphatic rings. The van der Waals surface area contributed by atoms with Gasteiger partial charge in [0.15, 0.2) is 0 Å². The number of aromatic nitrogens is 1. The van der Waals surface area contributed by atoms with Gasteiger partial charge in [-0.15, -0.1) is 0 Å². The Balaban J connectivity index is 2.55. The van der Waals surface area contributed by atoms with Gasteiger partial charge in [-0.05, 0) is 31.5 Å². The van der Waals surface area contributed by atoms with Crippen LogP contribution in [0.15, 0.2) is 24.3 Å². The quantitative estimate of drug-likeness (QED) is 0.802. The molecule has 2 N–H and O–H groups in total. The Kier molecular flexibility index (Phi) is 2.95. The Hall–Kier alpha value is -1.77. The van der Waals surface area contributed by atoms with Crippen molar-refractivity contribution < 1.29 is 4.74 Å². The average Bonchev–Trinajstić information content (AvgIpc) is 2.26. The van der Waals surface area contributed by atoms with E-state index >= 15 is 0 Å². The summed E-state index contributed by atoms with van der Waals surface area (Å²) in [4.78, 5) is 4.45. The highest BCUT2D eigenvalue weighted by molar-refractivity contribution is 5.87. The fraction of sp³-hybridized carbons (Fsp3) is 0.308. The zero-order chi connectivity index (χ0) is 11.5. The molecule has 0 saturated carbocycles. The van der Waals surface area contributed by atoms with Crippen LogP contribution in [-0.4, -0.2) is 11.6 Å². The molecule has 0 spiro atoms. The zero-order valence-electron chi connectivity index (χ0n) is 9.66. The molecule has 0 fully saturated rings. The van der Waals surface area contributed by atoms with E-state index in [9.17, 15) is 0 Å². The van der Waals surface area contributed by atoms with Crippen molar-refractivity contribution in [1.29, 1.82) is 0 Å². The molecule has 0 bridgehead atoms. The summed E-state index contributed by atoms with van der Waals surface area (Å²) in [5, 5.41) is 0.985. The van der Waals surface area contributed by atoms with Gasteiger partial charge in [0.25, 0.3) is 0 Å². The van der Waals surface area contributed by atoms with E-state index < -0.39 is 0 Å². The van der Waals surface area contributed by atoms with Gasteiger partial charge < -0.3 is 10.5 Å². The molecule has 0 aliphatic carbocycles. The topological polar surface area (TPSA) is 48.1 Å². The van der Waals surface area contributed by atoms with Crippen molar-refractivity contribution in [3.05, 3.63) is 30.0 Å². The predicted molar refractivity (Wildman–Crippen MR) is 66.7 cm³/mol. The van der Waals surface area contributed by atoms with Gasteiger partial charge in [-0.3, -0.25) is 4.98 Å². The van der Waals surface area contributed by atoms with Crippen LogP contribution in [0.25, 0.3) is 10.9 Å². The maximum Gasteiger partial charge on any atom is 0.130 e. The monoisotopic (exact) mass is 216 g/mol. The van der Waals surface area contributed by atoms with Crippen LogP contribution in [0, 0.1) is 6.92 Å². The first-order valence-corrected chi connectivity index (χ1v) is 5.50. The Bertz CT molecular complexity index is 509. The zero-order valence-corrected chi connectivity index (χ0v) is 9.66. The van der Waals surface area contributed by atoms with Crippen LogP contribution in [0.4, 0.5) is 5.69 Å². The molecule has 3 nitrogen and oxygen atoms in total. The summed E-state index contributed by atoms with van der Waals surface area (Å²) in [6, 6.07) is 7.65. The van der Waals surface area contributed by atoms with Crippen LogP contribution in [-0.2, 0) is 0 Å². The summed E-state index contributed by atoms with van der Waals surface area (Å²) in [6.07, 6.45) is 0.991. The van der Waals surface area contributed by atoms with Gasteiger partial charge in [-0.1, -0.05) is 6.92 Å². The molecular weight excluding hydrogens is 200 g/mol. The van der Waals surface area contributed by atoms with Crippen molar-refractivity contribution in [2.24, 2.45) is 0 Å². The molecule has 1 heterocycles. The van der Waals surface area contributed by atoms with E-state index in [0.29, 0.717) is 6.61 Å². The van der Waals surface area contributed by atoms with Crippen LogP contribution in [0.3, 0.4) is 0 Å². The number of rotatable bonds is 3. The second kappa shape index (κ2) is 4.39. The van der Waals surface area contributed by atoms with Gasteiger partial charge in [-0.25, -0.2) is 0 Å². The minimum Gasteiger partial charge on any atom is -0.493 e. The number of fused-ring (bicyclic) bond motifs is 1. The summed E-state index contributed by atoms with van der Waals surface area (Å²) in [6.45, 7) is 4.77. The first-order chi connectivity index (χ1) is 7.70. The highest BCUT2D eigenvalue weighted by Crippen LogP contribution is 2.27. The van der Waals surface area contributed by atoms with Crippen molar-refractivity contribution in [2.45, 2.75) is 20.3 Å². The molecule has 1 aromatic carbocycles. The number of pyridine rings is 1. The number of nitrogens with two attached hydrogens (primary N) is 1. The molecule has 0 unspecified atom stereocenters. The average molecular weight is 216 g/mol. The lowest BCUT2D eigenvalue weighted by molar-refractivity contribution is 0.321. The fourth-order valence-corrected chi connectivity index (χ4v) is 1.67. The molecule has 0 atom stereocenters.